The summed E-state index contributed by atoms with van der Waals surface area (Å²) in [5.41, 5.74) is 0.487. The third kappa shape index (κ3) is 4.78. The first-order valence-corrected chi connectivity index (χ1v) is 8.15. The Morgan fingerprint density at radius 2 is 2.00 bits per heavy atom. The largest absolute Gasteiger partial charge is 0.315 e. The Morgan fingerprint density at radius 3 is 2.67 bits per heavy atom. The van der Waals surface area contributed by atoms with E-state index in [1.165, 1.54) is 12.8 Å². The standard InChI is InChI=1S/C16H31N5/c1-6-7-16(5,11-17-15(2,3)4)12-20-8-9-21-13-18-19-14(21)10-20/h13,17H,6-12H2,1-5H3. The lowest BCUT2D eigenvalue weighted by molar-refractivity contribution is 0.116. The Kier molecular flexibility index (Phi) is 5.04. The molecule has 0 saturated heterocycles. The predicted molar refractivity (Wildman–Crippen MR) is 86.1 cm³/mol. The van der Waals surface area contributed by atoms with Gasteiger partial charge in [0.2, 0.25) is 0 Å². The molecule has 5 heteroatoms. The molecule has 21 heavy (non-hydrogen) atoms. The van der Waals surface area contributed by atoms with Crippen molar-refractivity contribution >= 4 is 0 Å². The van der Waals surface area contributed by atoms with Gasteiger partial charge in [-0.3, -0.25) is 4.90 Å². The van der Waals surface area contributed by atoms with Gasteiger partial charge in [-0.2, -0.15) is 0 Å². The van der Waals surface area contributed by atoms with E-state index >= 15 is 0 Å². The van der Waals surface area contributed by atoms with E-state index < -0.39 is 0 Å². The maximum Gasteiger partial charge on any atom is 0.147 e. The summed E-state index contributed by atoms with van der Waals surface area (Å²) in [6, 6.07) is 0. The number of hydrogen-bond acceptors (Lipinski definition) is 4. The van der Waals surface area contributed by atoms with Crippen LogP contribution in [0.2, 0.25) is 0 Å². The van der Waals surface area contributed by atoms with Gasteiger partial charge in [0.25, 0.3) is 0 Å². The fourth-order valence-corrected chi connectivity index (χ4v) is 3.10. The van der Waals surface area contributed by atoms with Crippen LogP contribution < -0.4 is 5.32 Å². The Labute approximate surface area is 129 Å². The van der Waals surface area contributed by atoms with Crippen molar-refractivity contribution < 1.29 is 0 Å². The van der Waals surface area contributed by atoms with Crippen molar-refractivity contribution in [1.29, 1.82) is 0 Å². The zero-order valence-electron chi connectivity index (χ0n) is 14.3. The number of hydrogen-bond donors (Lipinski definition) is 1. The lowest BCUT2D eigenvalue weighted by Gasteiger charge is -2.39. The molecule has 0 spiro atoms. The molecule has 0 bridgehead atoms. The van der Waals surface area contributed by atoms with Gasteiger partial charge >= 0.3 is 0 Å². The molecular weight excluding hydrogens is 262 g/mol. The molecule has 1 N–H and O–H groups in total. The molecule has 1 aliphatic rings. The smallest absolute Gasteiger partial charge is 0.147 e. The Bertz CT molecular complexity index is 448. The Balaban J connectivity index is 1.96. The van der Waals surface area contributed by atoms with E-state index in [9.17, 15) is 0 Å². The van der Waals surface area contributed by atoms with Crippen LogP contribution in [0.4, 0.5) is 0 Å². The summed E-state index contributed by atoms with van der Waals surface area (Å²) in [4.78, 5) is 2.53. The first-order chi connectivity index (χ1) is 9.81. The second-order valence-corrected chi connectivity index (χ2v) is 7.82. The molecule has 1 aromatic rings. The van der Waals surface area contributed by atoms with Crippen LogP contribution in [0.1, 0.15) is 53.3 Å². The summed E-state index contributed by atoms with van der Waals surface area (Å²) in [7, 11) is 0. The highest BCUT2D eigenvalue weighted by Crippen LogP contribution is 2.26. The van der Waals surface area contributed by atoms with Gasteiger partial charge in [-0.15, -0.1) is 10.2 Å². The average molecular weight is 293 g/mol. The molecule has 0 radical (unpaired) electrons. The van der Waals surface area contributed by atoms with E-state index in [-0.39, 0.29) is 5.54 Å². The number of nitrogens with one attached hydrogen (secondary N) is 1. The van der Waals surface area contributed by atoms with Crippen molar-refractivity contribution in [1.82, 2.24) is 25.0 Å². The summed E-state index contributed by atoms with van der Waals surface area (Å²) in [6.45, 7) is 16.6. The molecule has 1 aliphatic heterocycles. The topological polar surface area (TPSA) is 46.0 Å². The maximum atomic E-state index is 4.22. The quantitative estimate of drug-likeness (QED) is 0.874. The first kappa shape index (κ1) is 16.4. The van der Waals surface area contributed by atoms with Crippen molar-refractivity contribution in [2.45, 2.75) is 66.1 Å². The molecule has 2 heterocycles. The lowest BCUT2D eigenvalue weighted by Crippen LogP contribution is -2.48. The highest BCUT2D eigenvalue weighted by atomic mass is 15.3. The van der Waals surface area contributed by atoms with Crippen molar-refractivity contribution in [3.05, 3.63) is 12.2 Å². The molecule has 0 aromatic carbocycles. The van der Waals surface area contributed by atoms with Crippen LogP contribution in [-0.2, 0) is 13.1 Å². The Morgan fingerprint density at radius 1 is 1.24 bits per heavy atom. The van der Waals surface area contributed by atoms with Crippen LogP contribution >= 0.6 is 0 Å². The van der Waals surface area contributed by atoms with Crippen LogP contribution in [0, 0.1) is 5.41 Å². The average Bonchev–Trinajstić information content (AvgIpc) is 2.83. The molecule has 2 rings (SSSR count). The normalized spacial score (nSPS) is 19.3. The van der Waals surface area contributed by atoms with E-state index in [1.807, 2.05) is 6.33 Å². The van der Waals surface area contributed by atoms with E-state index in [4.69, 9.17) is 0 Å². The molecule has 120 valence electrons. The SMILES string of the molecule is CCCC(C)(CNC(C)(C)C)CN1CCn2cnnc2C1. The predicted octanol–water partition coefficient (Wildman–Crippen LogP) is 2.29. The molecule has 5 nitrogen and oxygen atoms in total. The molecule has 0 aliphatic carbocycles. The number of aromatic nitrogens is 3. The van der Waals surface area contributed by atoms with Crippen molar-refractivity contribution in [3.63, 3.8) is 0 Å². The van der Waals surface area contributed by atoms with Gasteiger partial charge in [-0.05, 0) is 32.6 Å². The number of nitrogens with zero attached hydrogens (tertiary/aromatic N) is 4. The summed E-state index contributed by atoms with van der Waals surface area (Å²) < 4.78 is 2.17. The van der Waals surface area contributed by atoms with Gasteiger partial charge in [0.05, 0.1) is 6.54 Å². The minimum absolute atomic E-state index is 0.178. The number of rotatable bonds is 6. The third-order valence-electron chi connectivity index (χ3n) is 4.22. The van der Waals surface area contributed by atoms with E-state index in [1.54, 1.807) is 0 Å². The zero-order chi connectivity index (χ0) is 15.5. The lowest BCUT2D eigenvalue weighted by atomic mass is 9.84. The molecule has 0 amide bonds. The molecule has 0 saturated carbocycles. The van der Waals surface area contributed by atoms with Crippen LogP contribution in [0.3, 0.4) is 0 Å². The molecule has 1 atom stereocenters. The van der Waals surface area contributed by atoms with E-state index in [0.717, 1.165) is 38.5 Å². The summed E-state index contributed by atoms with van der Waals surface area (Å²) in [6.07, 6.45) is 4.32. The zero-order valence-corrected chi connectivity index (χ0v) is 14.3. The minimum Gasteiger partial charge on any atom is -0.315 e. The summed E-state index contributed by atoms with van der Waals surface area (Å²) >= 11 is 0. The molecule has 1 aromatic heterocycles. The molecule has 1 unspecified atom stereocenters. The second-order valence-electron chi connectivity index (χ2n) is 7.82. The maximum absolute atomic E-state index is 4.22. The van der Waals surface area contributed by atoms with Gasteiger partial charge in [-0.1, -0.05) is 20.3 Å². The van der Waals surface area contributed by atoms with Crippen LogP contribution in [0.15, 0.2) is 6.33 Å². The molecule has 0 fully saturated rings. The van der Waals surface area contributed by atoms with Crippen LogP contribution in [-0.4, -0.2) is 44.8 Å². The van der Waals surface area contributed by atoms with Gasteiger partial charge in [0.15, 0.2) is 0 Å². The van der Waals surface area contributed by atoms with Crippen molar-refractivity contribution in [3.8, 4) is 0 Å². The summed E-state index contributed by atoms with van der Waals surface area (Å²) in [5, 5.41) is 11.9. The highest BCUT2D eigenvalue weighted by Gasteiger charge is 2.29. The van der Waals surface area contributed by atoms with Crippen molar-refractivity contribution in [2.75, 3.05) is 19.6 Å². The summed E-state index contributed by atoms with van der Waals surface area (Å²) in [5.74, 6) is 1.10. The Hall–Kier alpha value is -0.940. The third-order valence-corrected chi connectivity index (χ3v) is 4.22. The minimum atomic E-state index is 0.178. The fourth-order valence-electron chi connectivity index (χ4n) is 3.10. The van der Waals surface area contributed by atoms with E-state index in [2.05, 4.69) is 59.6 Å². The van der Waals surface area contributed by atoms with Gasteiger partial charge in [-0.25, -0.2) is 0 Å². The highest BCUT2D eigenvalue weighted by molar-refractivity contribution is 4.92. The fraction of sp³-hybridized carbons (Fsp3) is 0.875. The van der Waals surface area contributed by atoms with Gasteiger partial charge < -0.3 is 9.88 Å². The van der Waals surface area contributed by atoms with Crippen LogP contribution in [0.5, 0.6) is 0 Å². The monoisotopic (exact) mass is 293 g/mol. The van der Waals surface area contributed by atoms with Crippen LogP contribution in [0.25, 0.3) is 0 Å². The van der Waals surface area contributed by atoms with E-state index in [0.29, 0.717) is 5.41 Å². The molecular formula is C16H31N5. The number of fused-ring (bicyclic) bond motifs is 1. The second kappa shape index (κ2) is 6.44. The van der Waals surface area contributed by atoms with Crippen molar-refractivity contribution in [2.24, 2.45) is 5.41 Å². The first-order valence-electron chi connectivity index (χ1n) is 8.15. The van der Waals surface area contributed by atoms with Gasteiger partial charge in [0, 0.05) is 31.7 Å². The van der Waals surface area contributed by atoms with Gasteiger partial charge in [0.1, 0.15) is 12.2 Å².